The van der Waals surface area contributed by atoms with E-state index >= 15 is 0 Å². The van der Waals surface area contributed by atoms with E-state index in [4.69, 9.17) is 10.2 Å². The SMILES string of the molecule is CNc1cncc(SCC(O)CO)n1. The summed E-state index contributed by atoms with van der Waals surface area (Å²) in [5.74, 6) is 1.10. The van der Waals surface area contributed by atoms with Gasteiger partial charge < -0.3 is 15.5 Å². The third kappa shape index (κ3) is 3.49. The normalized spacial score (nSPS) is 12.5. The molecule has 0 aliphatic rings. The van der Waals surface area contributed by atoms with Crippen LogP contribution in [0.3, 0.4) is 0 Å². The molecule has 1 rings (SSSR count). The molecule has 0 spiro atoms. The molecular weight excluding hydrogens is 202 g/mol. The molecule has 78 valence electrons. The number of rotatable bonds is 5. The lowest BCUT2D eigenvalue weighted by atomic mass is 10.4. The van der Waals surface area contributed by atoms with E-state index in [1.165, 1.54) is 11.8 Å². The first-order chi connectivity index (χ1) is 6.76. The Kier molecular flexibility index (Phi) is 4.64. The molecule has 3 N–H and O–H groups in total. The van der Waals surface area contributed by atoms with Crippen molar-refractivity contribution in [3.63, 3.8) is 0 Å². The van der Waals surface area contributed by atoms with Crippen molar-refractivity contribution in [2.24, 2.45) is 0 Å². The predicted molar refractivity (Wildman–Crippen MR) is 55.4 cm³/mol. The zero-order valence-corrected chi connectivity index (χ0v) is 8.66. The second kappa shape index (κ2) is 5.79. The standard InChI is InChI=1S/C8H13N3O2S/c1-9-7-2-10-3-8(11-7)14-5-6(13)4-12/h2-3,6,12-13H,4-5H2,1H3,(H,9,11). The number of aliphatic hydroxyl groups excluding tert-OH is 2. The van der Waals surface area contributed by atoms with Gasteiger partial charge in [-0.1, -0.05) is 0 Å². The Hall–Kier alpha value is -0.850. The number of hydrogen-bond donors (Lipinski definition) is 3. The lowest BCUT2D eigenvalue weighted by molar-refractivity contribution is 0.113. The molecule has 0 radical (unpaired) electrons. The van der Waals surface area contributed by atoms with E-state index in [2.05, 4.69) is 15.3 Å². The Morgan fingerprint density at radius 3 is 3.00 bits per heavy atom. The van der Waals surface area contributed by atoms with Crippen LogP contribution in [0.1, 0.15) is 0 Å². The van der Waals surface area contributed by atoms with Gasteiger partial charge in [-0.05, 0) is 0 Å². The van der Waals surface area contributed by atoms with Crippen molar-refractivity contribution in [3.8, 4) is 0 Å². The Labute approximate surface area is 86.6 Å². The molecule has 0 aliphatic carbocycles. The summed E-state index contributed by atoms with van der Waals surface area (Å²) in [6.45, 7) is -0.230. The van der Waals surface area contributed by atoms with Gasteiger partial charge >= 0.3 is 0 Å². The molecule has 0 bridgehead atoms. The molecule has 6 heteroatoms. The minimum absolute atomic E-state index is 0.230. The van der Waals surface area contributed by atoms with E-state index in [1.54, 1.807) is 19.4 Å². The lowest BCUT2D eigenvalue weighted by Crippen LogP contribution is -2.14. The van der Waals surface area contributed by atoms with Crippen LogP contribution in [0.15, 0.2) is 17.4 Å². The molecular formula is C8H13N3O2S. The summed E-state index contributed by atoms with van der Waals surface area (Å²) >= 11 is 1.36. The van der Waals surface area contributed by atoms with Gasteiger partial charge in [0, 0.05) is 12.8 Å². The van der Waals surface area contributed by atoms with Crippen molar-refractivity contribution in [3.05, 3.63) is 12.4 Å². The summed E-state index contributed by atoms with van der Waals surface area (Å²) in [5, 5.41) is 21.3. The maximum atomic E-state index is 9.11. The van der Waals surface area contributed by atoms with Crippen molar-refractivity contribution in [1.82, 2.24) is 9.97 Å². The van der Waals surface area contributed by atoms with Crippen molar-refractivity contribution in [2.75, 3.05) is 24.7 Å². The number of aromatic nitrogens is 2. The molecule has 5 nitrogen and oxygen atoms in total. The third-order valence-corrected chi connectivity index (χ3v) is 2.55. The van der Waals surface area contributed by atoms with Crippen LogP contribution in [0.2, 0.25) is 0 Å². The van der Waals surface area contributed by atoms with Crippen LogP contribution in [0, 0.1) is 0 Å². The molecule has 14 heavy (non-hydrogen) atoms. The molecule has 1 aromatic heterocycles. The van der Waals surface area contributed by atoms with Gasteiger partial charge in [-0.3, -0.25) is 4.98 Å². The molecule has 0 amide bonds. The Morgan fingerprint density at radius 2 is 2.36 bits per heavy atom. The maximum absolute atomic E-state index is 9.11. The predicted octanol–water partition coefficient (Wildman–Crippen LogP) is -0.0364. The van der Waals surface area contributed by atoms with Crippen LogP contribution < -0.4 is 5.32 Å². The highest BCUT2D eigenvalue weighted by Gasteiger charge is 2.04. The average Bonchev–Trinajstić information content (AvgIpc) is 2.26. The minimum Gasteiger partial charge on any atom is -0.394 e. The van der Waals surface area contributed by atoms with Crippen molar-refractivity contribution in [1.29, 1.82) is 0 Å². The summed E-state index contributed by atoms with van der Waals surface area (Å²) in [5.41, 5.74) is 0. The highest BCUT2D eigenvalue weighted by atomic mass is 32.2. The first kappa shape index (κ1) is 11.2. The summed E-state index contributed by atoms with van der Waals surface area (Å²) in [4.78, 5) is 8.16. The fourth-order valence-electron chi connectivity index (χ4n) is 0.772. The average molecular weight is 215 g/mol. The highest BCUT2D eigenvalue weighted by Crippen LogP contribution is 2.16. The second-order valence-electron chi connectivity index (χ2n) is 2.64. The second-order valence-corrected chi connectivity index (χ2v) is 3.68. The molecule has 0 fully saturated rings. The highest BCUT2D eigenvalue weighted by molar-refractivity contribution is 7.99. The molecule has 1 unspecified atom stereocenters. The topological polar surface area (TPSA) is 78.3 Å². The van der Waals surface area contributed by atoms with Gasteiger partial charge in [-0.15, -0.1) is 11.8 Å². The number of hydrogen-bond acceptors (Lipinski definition) is 6. The minimum atomic E-state index is -0.708. The van der Waals surface area contributed by atoms with Gasteiger partial charge in [0.1, 0.15) is 10.8 Å². The zero-order chi connectivity index (χ0) is 10.4. The molecule has 0 saturated heterocycles. The molecule has 1 atom stereocenters. The monoisotopic (exact) mass is 215 g/mol. The molecule has 1 aromatic rings. The van der Waals surface area contributed by atoms with Crippen LogP contribution in [0.25, 0.3) is 0 Å². The number of nitrogens with one attached hydrogen (secondary N) is 1. The van der Waals surface area contributed by atoms with Crippen LogP contribution in [-0.4, -0.2) is 45.7 Å². The van der Waals surface area contributed by atoms with Crippen LogP contribution >= 0.6 is 11.8 Å². The first-order valence-electron chi connectivity index (χ1n) is 4.17. The summed E-state index contributed by atoms with van der Waals surface area (Å²) in [6.07, 6.45) is 2.53. The summed E-state index contributed by atoms with van der Waals surface area (Å²) in [7, 11) is 1.76. The van der Waals surface area contributed by atoms with Crippen LogP contribution in [0.5, 0.6) is 0 Å². The number of thioether (sulfide) groups is 1. The quantitative estimate of drug-likeness (QED) is 0.598. The van der Waals surface area contributed by atoms with Gasteiger partial charge in [0.25, 0.3) is 0 Å². The molecule has 0 aliphatic heterocycles. The maximum Gasteiger partial charge on any atom is 0.145 e. The summed E-state index contributed by atoms with van der Waals surface area (Å²) in [6, 6.07) is 0. The van der Waals surface area contributed by atoms with E-state index in [-0.39, 0.29) is 6.61 Å². The smallest absolute Gasteiger partial charge is 0.145 e. The Balaban J connectivity index is 2.50. The van der Waals surface area contributed by atoms with Crippen molar-refractivity contribution in [2.45, 2.75) is 11.1 Å². The molecule has 0 saturated carbocycles. The van der Waals surface area contributed by atoms with Crippen LogP contribution in [-0.2, 0) is 0 Å². The van der Waals surface area contributed by atoms with Crippen LogP contribution in [0.4, 0.5) is 5.82 Å². The van der Waals surface area contributed by atoms with E-state index in [1.807, 2.05) is 0 Å². The van der Waals surface area contributed by atoms with Crippen molar-refractivity contribution < 1.29 is 10.2 Å². The van der Waals surface area contributed by atoms with E-state index in [0.717, 1.165) is 5.03 Å². The third-order valence-electron chi connectivity index (χ3n) is 1.50. The largest absolute Gasteiger partial charge is 0.394 e. The van der Waals surface area contributed by atoms with E-state index in [0.29, 0.717) is 11.6 Å². The number of nitrogens with zero attached hydrogens (tertiary/aromatic N) is 2. The number of anilines is 1. The fraction of sp³-hybridized carbons (Fsp3) is 0.500. The van der Waals surface area contributed by atoms with Gasteiger partial charge in [-0.25, -0.2) is 4.98 Å². The molecule has 0 aromatic carbocycles. The Morgan fingerprint density at radius 1 is 1.57 bits per heavy atom. The van der Waals surface area contributed by atoms with Gasteiger partial charge in [0.05, 0.1) is 25.1 Å². The number of aliphatic hydroxyl groups is 2. The molecule has 1 heterocycles. The first-order valence-corrected chi connectivity index (χ1v) is 5.16. The zero-order valence-electron chi connectivity index (χ0n) is 7.84. The van der Waals surface area contributed by atoms with Gasteiger partial charge in [0.15, 0.2) is 0 Å². The van der Waals surface area contributed by atoms with Gasteiger partial charge in [-0.2, -0.15) is 0 Å². The lowest BCUT2D eigenvalue weighted by Gasteiger charge is -2.06. The van der Waals surface area contributed by atoms with E-state index in [9.17, 15) is 0 Å². The van der Waals surface area contributed by atoms with Crippen molar-refractivity contribution >= 4 is 17.6 Å². The van der Waals surface area contributed by atoms with Gasteiger partial charge in [0.2, 0.25) is 0 Å². The van der Waals surface area contributed by atoms with E-state index < -0.39 is 6.10 Å². The summed E-state index contributed by atoms with van der Waals surface area (Å²) < 4.78 is 0. The fourth-order valence-corrected chi connectivity index (χ4v) is 1.54. The Bertz CT molecular complexity index is 285.